The summed E-state index contributed by atoms with van der Waals surface area (Å²) in [6.45, 7) is 1.66. The molecule has 21 heavy (non-hydrogen) atoms. The number of alkyl halides is 1. The van der Waals surface area contributed by atoms with Crippen LogP contribution in [-0.2, 0) is 11.2 Å². The molecule has 0 spiro atoms. The van der Waals surface area contributed by atoms with E-state index in [1.807, 2.05) is 0 Å². The third-order valence-corrected chi connectivity index (χ3v) is 3.89. The van der Waals surface area contributed by atoms with Crippen LogP contribution in [0.1, 0.15) is 12.5 Å². The Morgan fingerprint density at radius 2 is 2.05 bits per heavy atom. The molecule has 6 heteroatoms. The molecule has 0 aliphatic heterocycles. The van der Waals surface area contributed by atoms with Gasteiger partial charge in [0.1, 0.15) is 5.76 Å². The van der Waals surface area contributed by atoms with Gasteiger partial charge in [0.2, 0.25) is 0 Å². The molecule has 1 aliphatic carbocycles. The summed E-state index contributed by atoms with van der Waals surface area (Å²) in [5.74, 6) is -0.915. The van der Waals surface area contributed by atoms with Crippen LogP contribution in [0.4, 0.5) is 5.69 Å². The Balaban J connectivity index is 2.47. The fraction of sp³-hybridized carbons (Fsp3) is 0.200. The average Bonchev–Trinajstić information content (AvgIpc) is 2.42. The Hall–Kier alpha value is -1.78. The van der Waals surface area contributed by atoms with Gasteiger partial charge in [-0.1, -0.05) is 29.8 Å². The molecule has 0 radical (unpaired) electrons. The zero-order valence-electron chi connectivity index (χ0n) is 11.2. The van der Waals surface area contributed by atoms with Crippen LogP contribution in [0.25, 0.3) is 0 Å². The summed E-state index contributed by atoms with van der Waals surface area (Å²) in [6.07, 6.45) is 1.31. The van der Waals surface area contributed by atoms with Crippen molar-refractivity contribution in [2.45, 2.75) is 18.7 Å². The molecule has 1 unspecified atom stereocenters. The lowest BCUT2D eigenvalue weighted by molar-refractivity contribution is -0.136. The molecular weight excluding hydrogens is 313 g/mol. The number of carboxylic acids is 1. The number of hydrogen-bond acceptors (Lipinski definition) is 3. The van der Waals surface area contributed by atoms with Gasteiger partial charge in [0, 0.05) is 5.57 Å². The van der Waals surface area contributed by atoms with Crippen molar-refractivity contribution in [3.63, 3.8) is 0 Å². The van der Waals surface area contributed by atoms with E-state index in [2.05, 4.69) is 4.99 Å². The fourth-order valence-corrected chi connectivity index (χ4v) is 2.53. The zero-order chi connectivity index (χ0) is 15.6. The molecule has 1 atom stereocenters. The average molecular weight is 326 g/mol. The Kier molecular flexibility index (Phi) is 4.70. The number of carboxylic acid groups (broad SMARTS) is 1. The molecule has 2 rings (SSSR count). The number of nitrogens with zero attached hydrogens (tertiary/aromatic N) is 1. The molecule has 0 saturated carbocycles. The molecular formula is C15H13Cl2NO3. The lowest BCUT2D eigenvalue weighted by Crippen LogP contribution is -2.19. The number of aliphatic imine (C=N–C) groups is 1. The minimum atomic E-state index is -0.941. The van der Waals surface area contributed by atoms with Gasteiger partial charge in [-0.25, -0.2) is 4.99 Å². The van der Waals surface area contributed by atoms with E-state index in [1.165, 1.54) is 6.08 Å². The molecule has 0 amide bonds. The Bertz CT molecular complexity index is 677. The highest BCUT2D eigenvalue weighted by molar-refractivity contribution is 6.51. The molecule has 0 bridgehead atoms. The quantitative estimate of drug-likeness (QED) is 0.826. The van der Waals surface area contributed by atoms with Gasteiger partial charge in [-0.15, -0.1) is 11.6 Å². The van der Waals surface area contributed by atoms with Crippen LogP contribution in [0, 0.1) is 0 Å². The maximum absolute atomic E-state index is 10.9. The number of aliphatic hydroxyl groups excluding tert-OH is 1. The second-order valence-corrected chi connectivity index (χ2v) is 5.44. The fourth-order valence-electron chi connectivity index (χ4n) is 1.94. The first-order chi connectivity index (χ1) is 9.90. The highest BCUT2D eigenvalue weighted by atomic mass is 35.5. The monoisotopic (exact) mass is 325 g/mol. The summed E-state index contributed by atoms with van der Waals surface area (Å²) in [6, 6.07) is 6.90. The molecule has 1 aromatic rings. The number of benzene rings is 1. The molecule has 0 aromatic heterocycles. The predicted molar refractivity (Wildman–Crippen MR) is 83.8 cm³/mol. The number of allylic oxidation sites excluding steroid dienone is 3. The molecule has 1 aromatic carbocycles. The largest absolute Gasteiger partial charge is 0.508 e. The SMILES string of the molecule is CC1=C(Cl)C(=Nc2ccccc2CC(=O)O)C(Cl)C=C1O. The van der Waals surface area contributed by atoms with Crippen LogP contribution in [0.5, 0.6) is 0 Å². The second-order valence-electron chi connectivity index (χ2n) is 4.59. The Labute approximate surface area is 132 Å². The number of aliphatic hydroxyl groups is 1. The van der Waals surface area contributed by atoms with Gasteiger partial charge >= 0.3 is 5.97 Å². The van der Waals surface area contributed by atoms with E-state index in [9.17, 15) is 9.90 Å². The molecule has 2 N–H and O–H groups in total. The van der Waals surface area contributed by atoms with Crippen LogP contribution in [0.15, 0.2) is 51.7 Å². The summed E-state index contributed by atoms with van der Waals surface area (Å²) < 4.78 is 0. The number of hydrogen-bond donors (Lipinski definition) is 2. The maximum Gasteiger partial charge on any atom is 0.307 e. The van der Waals surface area contributed by atoms with Gasteiger partial charge in [0.25, 0.3) is 0 Å². The van der Waals surface area contributed by atoms with Gasteiger partial charge in [-0.3, -0.25) is 4.79 Å². The zero-order valence-corrected chi connectivity index (χ0v) is 12.7. The van der Waals surface area contributed by atoms with Crippen LogP contribution in [-0.4, -0.2) is 27.3 Å². The van der Waals surface area contributed by atoms with E-state index < -0.39 is 11.3 Å². The number of aliphatic carboxylic acids is 1. The van der Waals surface area contributed by atoms with E-state index in [0.29, 0.717) is 22.5 Å². The third-order valence-electron chi connectivity index (χ3n) is 3.08. The minimum Gasteiger partial charge on any atom is -0.508 e. The van der Waals surface area contributed by atoms with Crippen molar-refractivity contribution in [2.24, 2.45) is 4.99 Å². The van der Waals surface area contributed by atoms with E-state index in [-0.39, 0.29) is 17.2 Å². The highest BCUT2D eigenvalue weighted by Gasteiger charge is 2.24. The minimum absolute atomic E-state index is 0.0257. The number of carbonyl (C=O) groups is 1. The lowest BCUT2D eigenvalue weighted by Gasteiger charge is -2.18. The first kappa shape index (κ1) is 15.6. The predicted octanol–water partition coefficient (Wildman–Crippen LogP) is 3.96. The molecule has 0 heterocycles. The van der Waals surface area contributed by atoms with Crippen LogP contribution in [0.2, 0.25) is 0 Å². The van der Waals surface area contributed by atoms with Crippen LogP contribution in [0.3, 0.4) is 0 Å². The number of halogens is 2. The van der Waals surface area contributed by atoms with Crippen LogP contribution < -0.4 is 0 Å². The summed E-state index contributed by atoms with van der Waals surface area (Å²) in [4.78, 5) is 15.3. The maximum atomic E-state index is 10.9. The van der Waals surface area contributed by atoms with E-state index in [1.54, 1.807) is 31.2 Å². The van der Waals surface area contributed by atoms with Crippen molar-refractivity contribution in [3.05, 3.63) is 52.3 Å². The van der Waals surface area contributed by atoms with Crippen molar-refractivity contribution in [1.29, 1.82) is 0 Å². The summed E-state index contributed by atoms with van der Waals surface area (Å²) in [5, 5.41) is 18.2. The topological polar surface area (TPSA) is 69.9 Å². The standard InChI is InChI=1S/C15H13Cl2NO3/c1-8-12(19)7-10(16)15(14(8)17)18-11-5-3-2-4-9(11)6-13(20)21/h2-5,7,10,19H,6H2,1H3,(H,20,21). The molecule has 1 aliphatic rings. The number of rotatable bonds is 3. The van der Waals surface area contributed by atoms with Gasteiger partial charge in [-0.2, -0.15) is 0 Å². The van der Waals surface area contributed by atoms with Crippen molar-refractivity contribution < 1.29 is 15.0 Å². The van der Waals surface area contributed by atoms with Crippen molar-refractivity contribution >= 4 is 40.6 Å². The van der Waals surface area contributed by atoms with E-state index >= 15 is 0 Å². The summed E-state index contributed by atoms with van der Waals surface area (Å²) >= 11 is 12.3. The summed E-state index contributed by atoms with van der Waals surface area (Å²) in [7, 11) is 0. The van der Waals surface area contributed by atoms with Gasteiger partial charge in [0.15, 0.2) is 0 Å². The highest BCUT2D eigenvalue weighted by Crippen LogP contribution is 2.30. The second kappa shape index (κ2) is 6.33. The summed E-state index contributed by atoms with van der Waals surface area (Å²) in [5.41, 5.74) is 1.96. The van der Waals surface area contributed by atoms with E-state index in [0.717, 1.165) is 0 Å². The molecule has 0 saturated heterocycles. The Morgan fingerprint density at radius 1 is 1.38 bits per heavy atom. The normalized spacial score (nSPS) is 20.6. The Morgan fingerprint density at radius 3 is 2.71 bits per heavy atom. The number of para-hydroxylation sites is 1. The molecule has 110 valence electrons. The van der Waals surface area contributed by atoms with Gasteiger partial charge in [-0.05, 0) is 24.6 Å². The van der Waals surface area contributed by atoms with Gasteiger partial charge < -0.3 is 10.2 Å². The van der Waals surface area contributed by atoms with Gasteiger partial charge in [0.05, 0.1) is 28.2 Å². The van der Waals surface area contributed by atoms with Crippen LogP contribution >= 0.6 is 23.2 Å². The third kappa shape index (κ3) is 3.46. The van der Waals surface area contributed by atoms with Crippen molar-refractivity contribution in [3.8, 4) is 0 Å². The van der Waals surface area contributed by atoms with E-state index in [4.69, 9.17) is 28.3 Å². The first-order valence-corrected chi connectivity index (χ1v) is 7.02. The van der Waals surface area contributed by atoms with Crippen molar-refractivity contribution in [1.82, 2.24) is 0 Å². The van der Waals surface area contributed by atoms with Crippen molar-refractivity contribution in [2.75, 3.05) is 0 Å². The molecule has 0 fully saturated rings. The smallest absolute Gasteiger partial charge is 0.307 e. The molecule has 4 nitrogen and oxygen atoms in total. The lowest BCUT2D eigenvalue weighted by atomic mass is 10.0. The first-order valence-electron chi connectivity index (χ1n) is 6.20.